The molecule has 0 aliphatic heterocycles. The van der Waals surface area contributed by atoms with Crippen LogP contribution in [0.3, 0.4) is 0 Å². The van der Waals surface area contributed by atoms with Crippen LogP contribution in [0.5, 0.6) is 11.5 Å². The molecule has 114 valence electrons. The Bertz CT molecular complexity index is 712. The first-order chi connectivity index (χ1) is 10.5. The van der Waals surface area contributed by atoms with Gasteiger partial charge in [-0.3, -0.25) is 4.79 Å². The average Bonchev–Trinajstić information content (AvgIpc) is 2.53. The van der Waals surface area contributed by atoms with Crippen molar-refractivity contribution < 1.29 is 14.6 Å². The number of benzene rings is 2. The minimum atomic E-state index is -0.375. The van der Waals surface area contributed by atoms with Crippen LogP contribution in [0.25, 0.3) is 0 Å². The molecule has 0 saturated carbocycles. The van der Waals surface area contributed by atoms with Gasteiger partial charge in [0.2, 0.25) is 0 Å². The first-order valence-corrected chi connectivity index (χ1v) is 6.86. The monoisotopic (exact) mass is 318 g/mol. The first-order valence-electron chi connectivity index (χ1n) is 6.49. The van der Waals surface area contributed by atoms with Gasteiger partial charge in [0.05, 0.1) is 12.8 Å². The number of hydrogen-bond donors (Lipinski definition) is 2. The fourth-order valence-electron chi connectivity index (χ4n) is 1.84. The number of methoxy groups -OCH3 is 1. The number of hydrogen-bond acceptors (Lipinski definition) is 4. The molecule has 0 saturated heterocycles. The number of carbonyl (C=O) groups is 1. The van der Waals surface area contributed by atoms with Crippen molar-refractivity contribution in [2.45, 2.75) is 6.92 Å². The molecule has 0 fully saturated rings. The molecule has 0 heterocycles. The van der Waals surface area contributed by atoms with Crippen molar-refractivity contribution in [2.75, 3.05) is 7.11 Å². The number of phenolic OH excluding ortho intramolecular Hbond substituents is 1. The molecular weight excluding hydrogens is 304 g/mol. The van der Waals surface area contributed by atoms with Gasteiger partial charge in [-0.15, -0.1) is 0 Å². The molecule has 1 amide bonds. The third-order valence-corrected chi connectivity index (χ3v) is 3.24. The van der Waals surface area contributed by atoms with Gasteiger partial charge in [-0.2, -0.15) is 5.10 Å². The fraction of sp³-hybridized carbons (Fsp3) is 0.125. The number of phenols is 1. The predicted octanol–water partition coefficient (Wildman–Crippen LogP) is 3.21. The van der Waals surface area contributed by atoms with Gasteiger partial charge in [0.1, 0.15) is 11.5 Å². The second kappa shape index (κ2) is 6.95. The van der Waals surface area contributed by atoms with Crippen molar-refractivity contribution >= 4 is 23.2 Å². The summed E-state index contributed by atoms with van der Waals surface area (Å²) in [6.07, 6.45) is 0. The highest BCUT2D eigenvalue weighted by molar-refractivity contribution is 6.31. The van der Waals surface area contributed by atoms with Crippen molar-refractivity contribution in [3.05, 3.63) is 58.6 Å². The molecule has 0 bridgehead atoms. The lowest BCUT2D eigenvalue weighted by Gasteiger charge is -2.09. The Balaban J connectivity index is 2.17. The Kier molecular flexibility index (Phi) is 5.01. The summed E-state index contributed by atoms with van der Waals surface area (Å²) in [5.41, 5.74) is 4.11. The molecule has 0 spiro atoms. The van der Waals surface area contributed by atoms with E-state index in [1.165, 1.54) is 24.3 Å². The number of ether oxygens (including phenoxy) is 1. The molecule has 0 unspecified atom stereocenters. The first kappa shape index (κ1) is 15.9. The Morgan fingerprint density at radius 3 is 2.55 bits per heavy atom. The lowest BCUT2D eigenvalue weighted by atomic mass is 10.1. The zero-order chi connectivity index (χ0) is 16.1. The zero-order valence-corrected chi connectivity index (χ0v) is 12.9. The number of hydrazone groups is 1. The largest absolute Gasteiger partial charge is 0.508 e. The normalized spacial score (nSPS) is 11.1. The van der Waals surface area contributed by atoms with Crippen LogP contribution < -0.4 is 10.2 Å². The number of carbonyl (C=O) groups excluding carboxylic acids is 1. The number of amides is 1. The lowest BCUT2D eigenvalue weighted by molar-refractivity contribution is 0.0955. The van der Waals surface area contributed by atoms with Gasteiger partial charge < -0.3 is 9.84 Å². The van der Waals surface area contributed by atoms with Crippen LogP contribution in [0.4, 0.5) is 0 Å². The standard InChI is InChI=1S/C16H15ClN2O3/c1-10(14-9-12(17)5-8-15(14)22-2)18-19-16(21)11-3-6-13(20)7-4-11/h3-9,20H,1-2H3,(H,19,21)/b18-10-. The number of rotatable bonds is 4. The quantitative estimate of drug-likeness (QED) is 0.671. The summed E-state index contributed by atoms with van der Waals surface area (Å²) in [5.74, 6) is 0.338. The van der Waals surface area contributed by atoms with Gasteiger partial charge in [0.15, 0.2) is 0 Å². The van der Waals surface area contributed by atoms with E-state index in [0.717, 1.165) is 0 Å². The number of nitrogens with one attached hydrogen (secondary N) is 1. The average molecular weight is 319 g/mol. The summed E-state index contributed by atoms with van der Waals surface area (Å²) in [4.78, 5) is 12.0. The number of aromatic hydroxyl groups is 1. The van der Waals surface area contributed by atoms with Crippen LogP contribution in [-0.2, 0) is 0 Å². The number of halogens is 1. The van der Waals surface area contributed by atoms with Crippen LogP contribution in [0.2, 0.25) is 5.02 Å². The second-order valence-electron chi connectivity index (χ2n) is 4.53. The van der Waals surface area contributed by atoms with E-state index in [4.69, 9.17) is 16.3 Å². The molecule has 2 N–H and O–H groups in total. The molecule has 0 aromatic heterocycles. The molecule has 0 aliphatic carbocycles. The van der Waals surface area contributed by atoms with Crippen LogP contribution in [0.1, 0.15) is 22.8 Å². The highest BCUT2D eigenvalue weighted by Gasteiger charge is 2.09. The third-order valence-electron chi connectivity index (χ3n) is 3.01. The summed E-state index contributed by atoms with van der Waals surface area (Å²) in [5, 5.41) is 13.8. The van der Waals surface area contributed by atoms with Crippen LogP contribution in [-0.4, -0.2) is 23.8 Å². The van der Waals surface area contributed by atoms with E-state index in [2.05, 4.69) is 10.5 Å². The Morgan fingerprint density at radius 2 is 1.91 bits per heavy atom. The van der Waals surface area contributed by atoms with Crippen molar-refractivity contribution in [2.24, 2.45) is 5.10 Å². The molecule has 6 heteroatoms. The van der Waals surface area contributed by atoms with Crippen molar-refractivity contribution in [1.82, 2.24) is 5.43 Å². The van der Waals surface area contributed by atoms with E-state index >= 15 is 0 Å². The van der Waals surface area contributed by atoms with Crippen molar-refractivity contribution in [1.29, 1.82) is 0 Å². The lowest BCUT2D eigenvalue weighted by Crippen LogP contribution is -2.19. The second-order valence-corrected chi connectivity index (χ2v) is 4.97. The Labute approximate surface area is 133 Å². The van der Waals surface area contributed by atoms with Gasteiger partial charge >= 0.3 is 0 Å². The van der Waals surface area contributed by atoms with E-state index in [9.17, 15) is 9.90 Å². The Hall–Kier alpha value is -2.53. The molecule has 2 rings (SSSR count). The smallest absolute Gasteiger partial charge is 0.271 e. The van der Waals surface area contributed by atoms with Gasteiger partial charge in [0.25, 0.3) is 5.91 Å². The van der Waals surface area contributed by atoms with Gasteiger partial charge in [-0.1, -0.05) is 11.6 Å². The summed E-state index contributed by atoms with van der Waals surface area (Å²) in [7, 11) is 1.55. The highest BCUT2D eigenvalue weighted by atomic mass is 35.5. The van der Waals surface area contributed by atoms with Gasteiger partial charge in [-0.25, -0.2) is 5.43 Å². The summed E-state index contributed by atoms with van der Waals surface area (Å²) < 4.78 is 5.25. The van der Waals surface area contributed by atoms with E-state index in [-0.39, 0.29) is 11.7 Å². The Morgan fingerprint density at radius 1 is 1.23 bits per heavy atom. The van der Waals surface area contributed by atoms with E-state index in [1.807, 2.05) is 0 Å². The maximum absolute atomic E-state index is 12.0. The SMILES string of the molecule is COc1ccc(Cl)cc1/C(C)=N\NC(=O)c1ccc(O)cc1. The maximum Gasteiger partial charge on any atom is 0.271 e. The minimum absolute atomic E-state index is 0.0971. The fourth-order valence-corrected chi connectivity index (χ4v) is 2.01. The maximum atomic E-state index is 12.0. The summed E-state index contributed by atoms with van der Waals surface area (Å²) >= 11 is 5.97. The van der Waals surface area contributed by atoms with Crippen molar-refractivity contribution in [3.63, 3.8) is 0 Å². The number of nitrogens with zero attached hydrogens (tertiary/aromatic N) is 1. The minimum Gasteiger partial charge on any atom is -0.508 e. The van der Waals surface area contributed by atoms with Crippen LogP contribution >= 0.6 is 11.6 Å². The molecule has 22 heavy (non-hydrogen) atoms. The molecule has 0 radical (unpaired) electrons. The summed E-state index contributed by atoms with van der Waals surface area (Å²) in [6.45, 7) is 1.74. The highest BCUT2D eigenvalue weighted by Crippen LogP contribution is 2.23. The molecule has 0 atom stereocenters. The van der Waals surface area contributed by atoms with Crippen LogP contribution in [0.15, 0.2) is 47.6 Å². The molecular formula is C16H15ClN2O3. The van der Waals surface area contributed by atoms with Crippen LogP contribution in [0, 0.1) is 0 Å². The third kappa shape index (κ3) is 3.77. The van der Waals surface area contributed by atoms with Gasteiger partial charge in [-0.05, 0) is 49.4 Å². The molecule has 5 nitrogen and oxygen atoms in total. The summed E-state index contributed by atoms with van der Waals surface area (Å²) in [6, 6.07) is 11.1. The zero-order valence-electron chi connectivity index (χ0n) is 12.1. The molecule has 2 aromatic rings. The molecule has 0 aliphatic rings. The van der Waals surface area contributed by atoms with Gasteiger partial charge in [0, 0.05) is 16.1 Å². The topological polar surface area (TPSA) is 70.9 Å². The predicted molar refractivity (Wildman–Crippen MR) is 85.8 cm³/mol. The van der Waals surface area contributed by atoms with E-state index in [0.29, 0.717) is 27.6 Å². The van der Waals surface area contributed by atoms with E-state index < -0.39 is 0 Å². The van der Waals surface area contributed by atoms with Crippen molar-refractivity contribution in [3.8, 4) is 11.5 Å². The van der Waals surface area contributed by atoms with E-state index in [1.54, 1.807) is 32.2 Å². The molecule has 2 aromatic carbocycles.